The minimum atomic E-state index is -0.184. The summed E-state index contributed by atoms with van der Waals surface area (Å²) in [7, 11) is 1.46. The third-order valence-electron chi connectivity index (χ3n) is 6.10. The van der Waals surface area contributed by atoms with Gasteiger partial charge in [-0.2, -0.15) is 0 Å². The molecular formula is C21H28N2O3. The molecule has 140 valence electrons. The average Bonchev–Trinajstić information content (AvgIpc) is 3.17. The van der Waals surface area contributed by atoms with Crippen molar-refractivity contribution in [1.29, 1.82) is 0 Å². The number of likely N-dealkylation sites (tertiary alicyclic amines) is 2. The number of carbonyl (C=O) groups excluding carboxylic acids is 1. The maximum Gasteiger partial charge on any atom is 0.409 e. The van der Waals surface area contributed by atoms with Crippen LogP contribution in [0.5, 0.6) is 0 Å². The molecule has 1 aromatic carbocycles. The van der Waals surface area contributed by atoms with Gasteiger partial charge in [0.15, 0.2) is 0 Å². The van der Waals surface area contributed by atoms with E-state index in [-0.39, 0.29) is 6.09 Å². The largest absolute Gasteiger partial charge is 0.464 e. The minimum absolute atomic E-state index is 0.184. The second kappa shape index (κ2) is 7.70. The van der Waals surface area contributed by atoms with Crippen LogP contribution in [0.15, 0.2) is 34.9 Å². The van der Waals surface area contributed by atoms with Crippen molar-refractivity contribution in [2.24, 2.45) is 5.92 Å². The fraction of sp³-hybridized carbons (Fsp3) is 0.571. The molecule has 0 atom stereocenters. The third-order valence-corrected chi connectivity index (χ3v) is 6.10. The summed E-state index contributed by atoms with van der Waals surface area (Å²) in [5.41, 5.74) is 2.44. The van der Waals surface area contributed by atoms with Gasteiger partial charge in [-0.25, -0.2) is 4.79 Å². The molecule has 0 bridgehead atoms. The number of benzene rings is 1. The number of piperidine rings is 2. The molecule has 2 saturated heterocycles. The zero-order chi connectivity index (χ0) is 17.9. The highest BCUT2D eigenvalue weighted by atomic mass is 16.5. The first-order valence-corrected chi connectivity index (χ1v) is 9.76. The molecule has 0 saturated carbocycles. The van der Waals surface area contributed by atoms with E-state index in [1.807, 2.05) is 4.90 Å². The molecule has 0 N–H and O–H groups in total. The molecule has 3 heterocycles. The molecule has 2 aromatic rings. The number of para-hydroxylation sites is 1. The van der Waals surface area contributed by atoms with E-state index < -0.39 is 0 Å². The van der Waals surface area contributed by atoms with Crippen LogP contribution in [0.3, 0.4) is 0 Å². The first-order valence-electron chi connectivity index (χ1n) is 9.76. The van der Waals surface area contributed by atoms with Crippen molar-refractivity contribution in [2.45, 2.75) is 31.6 Å². The van der Waals surface area contributed by atoms with E-state index >= 15 is 0 Å². The highest BCUT2D eigenvalue weighted by Crippen LogP contribution is 2.34. The maximum absolute atomic E-state index is 11.6. The lowest BCUT2D eigenvalue weighted by Gasteiger charge is -2.37. The van der Waals surface area contributed by atoms with Crippen molar-refractivity contribution >= 4 is 17.1 Å². The van der Waals surface area contributed by atoms with Crippen LogP contribution in [0.25, 0.3) is 11.0 Å². The van der Waals surface area contributed by atoms with E-state index in [4.69, 9.17) is 9.15 Å². The molecule has 0 unspecified atom stereocenters. The predicted molar refractivity (Wildman–Crippen MR) is 101 cm³/mol. The zero-order valence-corrected chi connectivity index (χ0v) is 15.5. The van der Waals surface area contributed by atoms with Crippen LogP contribution in [-0.4, -0.2) is 55.7 Å². The van der Waals surface area contributed by atoms with Crippen LogP contribution in [0.2, 0.25) is 0 Å². The monoisotopic (exact) mass is 356 g/mol. The predicted octanol–water partition coefficient (Wildman–Crippen LogP) is 4.09. The maximum atomic E-state index is 11.6. The number of rotatable bonds is 3. The fourth-order valence-electron chi connectivity index (χ4n) is 4.56. The van der Waals surface area contributed by atoms with Crippen molar-refractivity contribution < 1.29 is 13.9 Å². The number of amides is 1. The summed E-state index contributed by atoms with van der Waals surface area (Å²) in [6.45, 7) is 5.12. The number of fused-ring (bicyclic) bond motifs is 1. The van der Waals surface area contributed by atoms with Gasteiger partial charge in [0.2, 0.25) is 0 Å². The Bertz CT molecular complexity index is 741. The van der Waals surface area contributed by atoms with Crippen molar-refractivity contribution in [3.05, 3.63) is 36.1 Å². The summed E-state index contributed by atoms with van der Waals surface area (Å²) in [6, 6.07) is 8.55. The van der Waals surface area contributed by atoms with Crippen molar-refractivity contribution in [3.63, 3.8) is 0 Å². The molecule has 5 heteroatoms. The second-order valence-corrected chi connectivity index (χ2v) is 7.66. The number of hydrogen-bond donors (Lipinski definition) is 0. The molecule has 0 spiro atoms. The van der Waals surface area contributed by atoms with E-state index in [1.54, 1.807) is 6.26 Å². The highest BCUT2D eigenvalue weighted by molar-refractivity contribution is 5.80. The van der Waals surface area contributed by atoms with Gasteiger partial charge in [0.1, 0.15) is 5.58 Å². The van der Waals surface area contributed by atoms with Gasteiger partial charge in [0.05, 0.1) is 13.4 Å². The van der Waals surface area contributed by atoms with Crippen LogP contribution in [0.4, 0.5) is 4.79 Å². The lowest BCUT2D eigenvalue weighted by Crippen LogP contribution is -2.43. The Morgan fingerprint density at radius 1 is 1.12 bits per heavy atom. The van der Waals surface area contributed by atoms with Gasteiger partial charge in [-0.15, -0.1) is 0 Å². The van der Waals surface area contributed by atoms with Gasteiger partial charge in [0.25, 0.3) is 0 Å². The molecule has 1 amide bonds. The topological polar surface area (TPSA) is 45.9 Å². The van der Waals surface area contributed by atoms with E-state index in [1.165, 1.54) is 30.9 Å². The molecular weight excluding hydrogens is 328 g/mol. The number of furan rings is 1. The van der Waals surface area contributed by atoms with Gasteiger partial charge >= 0.3 is 6.09 Å². The number of hydrogen-bond acceptors (Lipinski definition) is 4. The highest BCUT2D eigenvalue weighted by Gasteiger charge is 2.27. The molecule has 0 radical (unpaired) electrons. The first kappa shape index (κ1) is 17.4. The Balaban J connectivity index is 1.28. The molecule has 2 aliphatic heterocycles. The summed E-state index contributed by atoms with van der Waals surface area (Å²) in [5.74, 6) is 1.29. The van der Waals surface area contributed by atoms with E-state index in [2.05, 4.69) is 29.2 Å². The summed E-state index contributed by atoms with van der Waals surface area (Å²) >= 11 is 0. The molecule has 0 aliphatic carbocycles. The van der Waals surface area contributed by atoms with E-state index in [0.29, 0.717) is 11.8 Å². The molecule has 5 nitrogen and oxygen atoms in total. The Kier molecular flexibility index (Phi) is 5.16. The Hall–Kier alpha value is -2.01. The average molecular weight is 356 g/mol. The zero-order valence-electron chi connectivity index (χ0n) is 15.5. The molecule has 2 fully saturated rings. The lowest BCUT2D eigenvalue weighted by molar-refractivity contribution is 0.0941. The van der Waals surface area contributed by atoms with Crippen LogP contribution in [-0.2, 0) is 4.74 Å². The van der Waals surface area contributed by atoms with Crippen molar-refractivity contribution in [1.82, 2.24) is 9.80 Å². The second-order valence-electron chi connectivity index (χ2n) is 7.66. The molecule has 4 rings (SSSR count). The normalized spacial score (nSPS) is 20.6. The van der Waals surface area contributed by atoms with E-state index in [0.717, 1.165) is 51.1 Å². The molecule has 1 aromatic heterocycles. The minimum Gasteiger partial charge on any atom is -0.464 e. The summed E-state index contributed by atoms with van der Waals surface area (Å²) in [4.78, 5) is 16.0. The number of ether oxygens (including phenoxy) is 1. The SMILES string of the molecule is COC(=O)N1CCC(CN2CCC(c3cccc4ccoc34)CC2)CC1. The first-order chi connectivity index (χ1) is 12.7. The van der Waals surface area contributed by atoms with Gasteiger partial charge in [0, 0.05) is 25.0 Å². The number of carbonyl (C=O) groups is 1. The van der Waals surface area contributed by atoms with Gasteiger partial charge in [-0.1, -0.05) is 18.2 Å². The molecule has 26 heavy (non-hydrogen) atoms. The van der Waals surface area contributed by atoms with Crippen LogP contribution < -0.4 is 0 Å². The summed E-state index contributed by atoms with van der Waals surface area (Å²) in [6.07, 6.45) is 6.17. The van der Waals surface area contributed by atoms with Gasteiger partial charge < -0.3 is 19.0 Å². The van der Waals surface area contributed by atoms with Crippen LogP contribution in [0, 0.1) is 5.92 Å². The summed E-state index contributed by atoms with van der Waals surface area (Å²) in [5, 5.41) is 1.21. The number of methoxy groups -OCH3 is 1. The van der Waals surface area contributed by atoms with Gasteiger partial charge in [-0.05, 0) is 62.2 Å². The smallest absolute Gasteiger partial charge is 0.409 e. The quantitative estimate of drug-likeness (QED) is 0.831. The van der Waals surface area contributed by atoms with Gasteiger partial charge in [-0.3, -0.25) is 0 Å². The fourth-order valence-corrected chi connectivity index (χ4v) is 4.56. The van der Waals surface area contributed by atoms with E-state index in [9.17, 15) is 4.79 Å². The molecule has 2 aliphatic rings. The van der Waals surface area contributed by atoms with Crippen LogP contribution >= 0.6 is 0 Å². The van der Waals surface area contributed by atoms with Crippen LogP contribution in [0.1, 0.15) is 37.2 Å². The standard InChI is InChI=1S/C21H28N2O3/c1-25-21(24)23-12-5-16(6-13-23)15-22-10-7-17(8-11-22)19-4-2-3-18-9-14-26-20(18)19/h2-4,9,14,16-17H,5-8,10-13,15H2,1H3. The van der Waals surface area contributed by atoms with Crippen molar-refractivity contribution in [2.75, 3.05) is 39.8 Å². The van der Waals surface area contributed by atoms with Crippen molar-refractivity contribution in [3.8, 4) is 0 Å². The lowest BCUT2D eigenvalue weighted by atomic mass is 9.87. The Morgan fingerprint density at radius 2 is 1.88 bits per heavy atom. The number of nitrogens with zero attached hydrogens (tertiary/aromatic N) is 2. The third kappa shape index (κ3) is 3.58. The Labute approximate surface area is 154 Å². The summed E-state index contributed by atoms with van der Waals surface area (Å²) < 4.78 is 10.6. The Morgan fingerprint density at radius 3 is 2.62 bits per heavy atom.